The highest BCUT2D eigenvalue weighted by Crippen LogP contribution is 2.47. The second-order valence-electron chi connectivity index (χ2n) is 4.85. The third-order valence-electron chi connectivity index (χ3n) is 2.98. The summed E-state index contributed by atoms with van der Waals surface area (Å²) in [4.78, 5) is 10.8. The van der Waals surface area contributed by atoms with Gasteiger partial charge in [0.2, 0.25) is 6.57 Å². The summed E-state index contributed by atoms with van der Waals surface area (Å²) >= 11 is 10.1. The van der Waals surface area contributed by atoms with Gasteiger partial charge in [0.15, 0.2) is 9.84 Å². The van der Waals surface area contributed by atoms with Crippen LogP contribution in [0, 0.1) is 0 Å². The SMILES string of the molecule is CCCCCCS(=O)(=O)CN(C)P(O)(=S)N(C)C(C)=S. The number of unbranched alkanes of at least 4 members (excludes halogenated alkanes) is 3. The van der Waals surface area contributed by atoms with E-state index in [9.17, 15) is 13.3 Å². The number of thiocarbonyl (C=S) groups is 1. The summed E-state index contributed by atoms with van der Waals surface area (Å²) in [6.45, 7) is 0.637. The lowest BCUT2D eigenvalue weighted by Gasteiger charge is -2.34. The van der Waals surface area contributed by atoms with Crippen LogP contribution in [0.2, 0.25) is 0 Å². The smallest absolute Gasteiger partial charge is 0.226 e. The normalized spacial score (nSPS) is 15.1. The van der Waals surface area contributed by atoms with Crippen molar-refractivity contribution in [1.82, 2.24) is 9.34 Å². The fraction of sp³-hybridized carbons (Fsp3) is 0.909. The lowest BCUT2D eigenvalue weighted by atomic mass is 10.2. The summed E-state index contributed by atoms with van der Waals surface area (Å²) in [5, 5.41) is 0. The third kappa shape index (κ3) is 6.91. The number of nitrogens with zero attached hydrogens (tertiary/aromatic N) is 2. The Morgan fingerprint density at radius 2 is 1.80 bits per heavy atom. The molecule has 0 radical (unpaired) electrons. The zero-order valence-electron chi connectivity index (χ0n) is 12.6. The van der Waals surface area contributed by atoms with Gasteiger partial charge in [-0.3, -0.25) is 0 Å². The van der Waals surface area contributed by atoms with E-state index in [1.165, 1.54) is 16.4 Å². The maximum atomic E-state index is 12.0. The zero-order chi connectivity index (χ0) is 16.0. The standard InChI is InChI=1S/C11H25N2O3PS3/c1-5-6-7-8-9-20(15,16)10-12(3)17(14,19)13(4)11(2)18/h5-10H2,1-4H3,(H,14,19). The van der Waals surface area contributed by atoms with Gasteiger partial charge in [-0.15, -0.1) is 0 Å². The second-order valence-corrected chi connectivity index (χ2v) is 11.4. The van der Waals surface area contributed by atoms with E-state index in [0.29, 0.717) is 11.4 Å². The molecule has 0 rings (SSSR count). The predicted molar refractivity (Wildman–Crippen MR) is 93.1 cm³/mol. The number of hydrogen-bond donors (Lipinski definition) is 1. The van der Waals surface area contributed by atoms with Crippen molar-refractivity contribution in [2.75, 3.05) is 25.7 Å². The molecule has 120 valence electrons. The van der Waals surface area contributed by atoms with Crippen LogP contribution in [0.3, 0.4) is 0 Å². The van der Waals surface area contributed by atoms with E-state index in [4.69, 9.17) is 24.0 Å². The molecule has 0 heterocycles. The molecule has 0 aliphatic heterocycles. The predicted octanol–water partition coefficient (Wildman–Crippen LogP) is 2.37. The molecule has 0 saturated carbocycles. The molecule has 0 amide bonds. The van der Waals surface area contributed by atoms with Gasteiger partial charge in [0, 0.05) is 7.05 Å². The van der Waals surface area contributed by atoms with Crippen LogP contribution in [0.5, 0.6) is 0 Å². The van der Waals surface area contributed by atoms with Crippen molar-refractivity contribution >= 4 is 45.4 Å². The molecule has 0 fully saturated rings. The first-order valence-corrected chi connectivity index (χ1v) is 11.4. The lowest BCUT2D eigenvalue weighted by molar-refractivity contribution is 0.455. The van der Waals surface area contributed by atoms with Gasteiger partial charge in [0.05, 0.1) is 10.7 Å². The maximum Gasteiger partial charge on any atom is 0.226 e. The van der Waals surface area contributed by atoms with Gasteiger partial charge in [-0.25, -0.2) is 13.1 Å². The van der Waals surface area contributed by atoms with Crippen molar-refractivity contribution in [2.45, 2.75) is 39.5 Å². The fourth-order valence-corrected chi connectivity index (χ4v) is 6.17. The van der Waals surface area contributed by atoms with Gasteiger partial charge in [0.1, 0.15) is 5.88 Å². The Labute approximate surface area is 133 Å². The maximum absolute atomic E-state index is 12.0. The Morgan fingerprint density at radius 1 is 1.25 bits per heavy atom. The van der Waals surface area contributed by atoms with E-state index >= 15 is 0 Å². The molecule has 0 bridgehead atoms. The van der Waals surface area contributed by atoms with Crippen molar-refractivity contribution < 1.29 is 13.3 Å². The van der Waals surface area contributed by atoms with Crippen molar-refractivity contribution in [2.24, 2.45) is 0 Å². The molecule has 9 heteroatoms. The van der Waals surface area contributed by atoms with Crippen LogP contribution in [0.25, 0.3) is 0 Å². The van der Waals surface area contributed by atoms with Crippen LogP contribution in [-0.4, -0.2) is 53.4 Å². The number of sulfone groups is 1. The quantitative estimate of drug-likeness (QED) is 0.385. The molecule has 0 aromatic heterocycles. The molecular weight excluding hydrogens is 335 g/mol. The summed E-state index contributed by atoms with van der Waals surface area (Å²) in [5.74, 6) is -0.104. The largest absolute Gasteiger partial charge is 0.338 e. The highest BCUT2D eigenvalue weighted by molar-refractivity contribution is 8.10. The summed E-state index contributed by atoms with van der Waals surface area (Å²) in [5.41, 5.74) is 0. The average molecular weight is 361 g/mol. The molecule has 1 atom stereocenters. The molecule has 0 saturated heterocycles. The Hall–Kier alpha value is 0.410. The third-order valence-corrected chi connectivity index (χ3v) is 8.96. The van der Waals surface area contributed by atoms with Gasteiger partial charge in [0.25, 0.3) is 0 Å². The fourth-order valence-electron chi connectivity index (χ4n) is 1.59. The molecule has 0 aliphatic carbocycles. The molecule has 1 unspecified atom stereocenters. The molecule has 0 aromatic rings. The summed E-state index contributed by atoms with van der Waals surface area (Å²) < 4.78 is 26.8. The Kier molecular flexibility index (Phi) is 8.94. The Balaban J connectivity index is 4.61. The summed E-state index contributed by atoms with van der Waals surface area (Å²) in [7, 11) is -0.129. The number of rotatable bonds is 9. The summed E-state index contributed by atoms with van der Waals surface area (Å²) in [6, 6.07) is 0. The first-order valence-electron chi connectivity index (χ1n) is 6.54. The first kappa shape index (κ1) is 20.4. The minimum absolute atomic E-state index is 0.132. The molecule has 20 heavy (non-hydrogen) atoms. The molecule has 1 N–H and O–H groups in total. The topological polar surface area (TPSA) is 60.9 Å². The van der Waals surface area contributed by atoms with Crippen molar-refractivity contribution in [1.29, 1.82) is 0 Å². The van der Waals surface area contributed by atoms with Crippen molar-refractivity contribution in [3.63, 3.8) is 0 Å². The Bertz CT molecular complexity index is 468. The molecule has 5 nitrogen and oxygen atoms in total. The van der Waals surface area contributed by atoms with Crippen LogP contribution in [-0.2, 0) is 21.6 Å². The van der Waals surface area contributed by atoms with E-state index in [1.807, 2.05) is 0 Å². The number of hydrogen-bond acceptors (Lipinski definition) is 4. The van der Waals surface area contributed by atoms with E-state index in [-0.39, 0.29) is 11.6 Å². The van der Waals surface area contributed by atoms with Crippen molar-refractivity contribution in [3.05, 3.63) is 0 Å². The van der Waals surface area contributed by atoms with Crippen molar-refractivity contribution in [3.8, 4) is 0 Å². The highest BCUT2D eigenvalue weighted by Gasteiger charge is 2.29. The highest BCUT2D eigenvalue weighted by atomic mass is 32.5. The van der Waals surface area contributed by atoms with E-state index in [2.05, 4.69) is 6.92 Å². The van der Waals surface area contributed by atoms with Crippen LogP contribution in [0.15, 0.2) is 0 Å². The minimum Gasteiger partial charge on any atom is -0.338 e. The average Bonchev–Trinajstić information content (AvgIpc) is 2.32. The monoisotopic (exact) mass is 360 g/mol. The van der Waals surface area contributed by atoms with E-state index < -0.39 is 16.4 Å². The van der Waals surface area contributed by atoms with Gasteiger partial charge in [-0.05, 0) is 32.2 Å². The molecule has 0 spiro atoms. The van der Waals surface area contributed by atoms with Gasteiger partial charge < -0.3 is 9.56 Å². The minimum atomic E-state index is -3.25. The lowest BCUT2D eigenvalue weighted by Crippen LogP contribution is -2.32. The Morgan fingerprint density at radius 3 is 2.25 bits per heavy atom. The van der Waals surface area contributed by atoms with Crippen LogP contribution < -0.4 is 0 Å². The molecule has 0 aromatic carbocycles. The van der Waals surface area contributed by atoms with Crippen LogP contribution in [0.1, 0.15) is 39.5 Å². The van der Waals surface area contributed by atoms with E-state index in [1.54, 1.807) is 14.0 Å². The summed E-state index contributed by atoms with van der Waals surface area (Å²) in [6.07, 6.45) is 3.67. The molecule has 0 aliphatic rings. The van der Waals surface area contributed by atoms with Gasteiger partial charge >= 0.3 is 0 Å². The van der Waals surface area contributed by atoms with E-state index in [0.717, 1.165) is 19.3 Å². The van der Waals surface area contributed by atoms with Gasteiger partial charge in [-0.2, -0.15) is 0 Å². The van der Waals surface area contributed by atoms with Crippen LogP contribution in [0.4, 0.5) is 0 Å². The molecular formula is C11H25N2O3PS3. The zero-order valence-corrected chi connectivity index (χ0v) is 15.9. The second kappa shape index (κ2) is 8.76. The van der Waals surface area contributed by atoms with Crippen LogP contribution >= 0.6 is 18.8 Å². The van der Waals surface area contributed by atoms with Gasteiger partial charge in [-0.1, -0.05) is 38.4 Å². The first-order chi connectivity index (χ1) is 9.04.